The maximum absolute atomic E-state index is 11.5. The molecule has 74 valence electrons. The summed E-state index contributed by atoms with van der Waals surface area (Å²) in [5.74, 6) is 0.0666. The first-order valence-electron chi connectivity index (χ1n) is 4.42. The number of halogens is 1. The Bertz CT molecular complexity index is 392. The number of nitrogens with two attached hydrogens (primary N) is 1. The molecule has 3 nitrogen and oxygen atoms in total. The molecule has 1 amide bonds. The molecule has 14 heavy (non-hydrogen) atoms. The molecule has 2 N–H and O–H groups in total. The van der Waals surface area contributed by atoms with Gasteiger partial charge in [-0.15, -0.1) is 0 Å². The predicted octanol–water partition coefficient (Wildman–Crippen LogP) is 1.82. The molecule has 2 rings (SSSR count). The zero-order valence-electron chi connectivity index (χ0n) is 7.83. The third kappa shape index (κ3) is 1.35. The highest BCUT2D eigenvalue weighted by Gasteiger charge is 2.27. The predicted molar refractivity (Wildman–Crippen MR) is 59.1 cm³/mol. The molecule has 0 fully saturated rings. The number of carbonyl (C=O) groups is 1. The number of anilines is 1. The van der Waals surface area contributed by atoms with Crippen LogP contribution < -0.4 is 10.6 Å². The van der Waals surface area contributed by atoms with Gasteiger partial charge in [-0.2, -0.15) is 0 Å². The molecular weight excluding hydrogens is 244 g/mol. The molecule has 1 aliphatic rings. The molecule has 1 aliphatic heterocycles. The Morgan fingerprint density at radius 1 is 1.57 bits per heavy atom. The van der Waals surface area contributed by atoms with Crippen molar-refractivity contribution in [3.8, 4) is 0 Å². The number of hydrogen-bond donors (Lipinski definition) is 1. The summed E-state index contributed by atoms with van der Waals surface area (Å²) < 4.78 is 0.918. The fourth-order valence-corrected chi connectivity index (χ4v) is 2.39. The lowest BCUT2D eigenvalue weighted by Gasteiger charge is -2.30. The van der Waals surface area contributed by atoms with Crippen LogP contribution in [0.1, 0.15) is 18.0 Å². The minimum Gasteiger partial charge on any atom is -0.323 e. The van der Waals surface area contributed by atoms with Gasteiger partial charge in [-0.05, 0) is 27.6 Å². The van der Waals surface area contributed by atoms with Crippen LogP contribution in [0.25, 0.3) is 0 Å². The fourth-order valence-electron chi connectivity index (χ4n) is 1.74. The van der Waals surface area contributed by atoms with Crippen LogP contribution in [-0.4, -0.2) is 13.0 Å². The summed E-state index contributed by atoms with van der Waals surface area (Å²) in [5, 5.41) is 0. The summed E-state index contributed by atoms with van der Waals surface area (Å²) in [5.41, 5.74) is 7.83. The van der Waals surface area contributed by atoms with E-state index < -0.39 is 0 Å². The van der Waals surface area contributed by atoms with Crippen LogP contribution in [0.4, 0.5) is 5.69 Å². The lowest BCUT2D eigenvalue weighted by molar-refractivity contribution is -0.119. The number of carbonyl (C=O) groups excluding carboxylic acids is 1. The second-order valence-electron chi connectivity index (χ2n) is 3.44. The van der Waals surface area contributed by atoms with Gasteiger partial charge >= 0.3 is 0 Å². The number of benzene rings is 1. The van der Waals surface area contributed by atoms with Crippen molar-refractivity contribution < 1.29 is 4.79 Å². The second kappa shape index (κ2) is 3.37. The van der Waals surface area contributed by atoms with E-state index in [-0.39, 0.29) is 11.9 Å². The molecule has 1 aromatic rings. The van der Waals surface area contributed by atoms with E-state index in [0.29, 0.717) is 6.42 Å². The Balaban J connectivity index is 2.62. The molecular formula is C10H11BrN2O. The second-order valence-corrected chi connectivity index (χ2v) is 4.30. The molecule has 0 saturated heterocycles. The molecule has 1 aromatic carbocycles. The normalized spacial score (nSPS) is 20.9. The van der Waals surface area contributed by atoms with Crippen molar-refractivity contribution in [2.75, 3.05) is 11.9 Å². The molecule has 0 bridgehead atoms. The molecule has 1 atom stereocenters. The van der Waals surface area contributed by atoms with Gasteiger partial charge in [0.2, 0.25) is 5.91 Å². The topological polar surface area (TPSA) is 46.3 Å². The molecule has 1 unspecified atom stereocenters. The number of amides is 1. The van der Waals surface area contributed by atoms with Crippen molar-refractivity contribution in [3.63, 3.8) is 0 Å². The van der Waals surface area contributed by atoms with Crippen LogP contribution in [-0.2, 0) is 4.79 Å². The van der Waals surface area contributed by atoms with Gasteiger partial charge in [0.1, 0.15) is 0 Å². The Morgan fingerprint density at radius 3 is 3.00 bits per heavy atom. The van der Waals surface area contributed by atoms with Gasteiger partial charge in [0.05, 0.1) is 5.69 Å². The van der Waals surface area contributed by atoms with E-state index >= 15 is 0 Å². The number of nitrogens with zero attached hydrogens (tertiary/aromatic N) is 1. The van der Waals surface area contributed by atoms with Crippen molar-refractivity contribution >= 4 is 27.5 Å². The van der Waals surface area contributed by atoms with Crippen molar-refractivity contribution in [2.45, 2.75) is 12.5 Å². The van der Waals surface area contributed by atoms with E-state index in [4.69, 9.17) is 5.73 Å². The van der Waals surface area contributed by atoms with Gasteiger partial charge in [0.25, 0.3) is 0 Å². The van der Waals surface area contributed by atoms with E-state index in [0.717, 1.165) is 15.7 Å². The Morgan fingerprint density at radius 2 is 2.29 bits per heavy atom. The summed E-state index contributed by atoms with van der Waals surface area (Å²) in [6.45, 7) is 0. The first kappa shape index (κ1) is 9.68. The highest BCUT2D eigenvalue weighted by atomic mass is 79.9. The smallest absolute Gasteiger partial charge is 0.228 e. The maximum atomic E-state index is 11.5. The quantitative estimate of drug-likeness (QED) is 0.768. The number of hydrogen-bond acceptors (Lipinski definition) is 2. The van der Waals surface area contributed by atoms with E-state index in [2.05, 4.69) is 15.9 Å². The number of para-hydroxylation sites is 1. The van der Waals surface area contributed by atoms with Crippen LogP contribution in [0.3, 0.4) is 0 Å². The van der Waals surface area contributed by atoms with Crippen molar-refractivity contribution in [2.24, 2.45) is 5.73 Å². The Labute approximate surface area is 91.0 Å². The average Bonchev–Trinajstić information content (AvgIpc) is 2.14. The van der Waals surface area contributed by atoms with Crippen LogP contribution >= 0.6 is 15.9 Å². The highest BCUT2D eigenvalue weighted by molar-refractivity contribution is 9.10. The third-order valence-electron chi connectivity index (χ3n) is 2.52. The Hall–Kier alpha value is -0.870. The number of rotatable bonds is 0. The molecule has 0 radical (unpaired) electrons. The summed E-state index contributed by atoms with van der Waals surface area (Å²) in [6.07, 6.45) is 0.389. The summed E-state index contributed by atoms with van der Waals surface area (Å²) in [4.78, 5) is 13.2. The van der Waals surface area contributed by atoms with Gasteiger partial charge in [-0.3, -0.25) is 4.79 Å². The van der Waals surface area contributed by atoms with Gasteiger partial charge < -0.3 is 10.6 Å². The van der Waals surface area contributed by atoms with Gasteiger partial charge in [-0.1, -0.05) is 12.1 Å². The van der Waals surface area contributed by atoms with Crippen LogP contribution in [0, 0.1) is 0 Å². The van der Waals surface area contributed by atoms with Crippen LogP contribution in [0.2, 0.25) is 0 Å². The van der Waals surface area contributed by atoms with Crippen molar-refractivity contribution in [3.05, 3.63) is 28.2 Å². The van der Waals surface area contributed by atoms with Crippen LogP contribution in [0.5, 0.6) is 0 Å². The largest absolute Gasteiger partial charge is 0.323 e. The first-order valence-corrected chi connectivity index (χ1v) is 5.21. The minimum absolute atomic E-state index is 0.0666. The fraction of sp³-hybridized carbons (Fsp3) is 0.300. The monoisotopic (exact) mass is 254 g/mol. The van der Waals surface area contributed by atoms with E-state index in [1.54, 1.807) is 11.9 Å². The molecule has 1 heterocycles. The first-order chi connectivity index (χ1) is 6.61. The minimum atomic E-state index is -0.175. The van der Waals surface area contributed by atoms with Crippen LogP contribution in [0.15, 0.2) is 22.7 Å². The zero-order valence-corrected chi connectivity index (χ0v) is 9.41. The summed E-state index contributed by atoms with van der Waals surface area (Å²) >= 11 is 3.43. The highest BCUT2D eigenvalue weighted by Crippen LogP contribution is 2.37. The van der Waals surface area contributed by atoms with Crippen molar-refractivity contribution in [1.29, 1.82) is 0 Å². The van der Waals surface area contributed by atoms with E-state index in [9.17, 15) is 4.79 Å². The molecule has 0 aliphatic carbocycles. The third-order valence-corrected chi connectivity index (χ3v) is 3.16. The van der Waals surface area contributed by atoms with Gasteiger partial charge in [0, 0.05) is 24.0 Å². The standard InChI is InChI=1S/C10H11BrN2O/c1-13-9(14)5-8(12)6-3-2-4-7(11)10(6)13/h2-4,8H,5,12H2,1H3. The lowest BCUT2D eigenvalue weighted by atomic mass is 9.97. The number of fused-ring (bicyclic) bond motifs is 1. The summed E-state index contributed by atoms with van der Waals surface area (Å²) in [7, 11) is 1.78. The molecule has 4 heteroatoms. The maximum Gasteiger partial charge on any atom is 0.228 e. The van der Waals surface area contributed by atoms with Crippen molar-refractivity contribution in [1.82, 2.24) is 0 Å². The van der Waals surface area contributed by atoms with Gasteiger partial charge in [0.15, 0.2) is 0 Å². The zero-order chi connectivity index (χ0) is 10.3. The lowest BCUT2D eigenvalue weighted by Crippen LogP contribution is -2.35. The Kier molecular flexibility index (Phi) is 2.33. The van der Waals surface area contributed by atoms with E-state index in [1.807, 2.05) is 18.2 Å². The summed E-state index contributed by atoms with van der Waals surface area (Å²) in [6, 6.07) is 5.65. The van der Waals surface area contributed by atoms with Gasteiger partial charge in [-0.25, -0.2) is 0 Å². The van der Waals surface area contributed by atoms with E-state index in [1.165, 1.54) is 0 Å². The average molecular weight is 255 g/mol. The molecule has 0 saturated carbocycles. The molecule has 0 aromatic heterocycles. The SMILES string of the molecule is CN1C(=O)CC(N)c2cccc(Br)c21. The molecule has 0 spiro atoms.